The number of allylic oxidation sites excluding steroid dienone is 2. The van der Waals surface area contributed by atoms with E-state index in [1.807, 2.05) is 38.5 Å². The Morgan fingerprint density at radius 3 is 2.81 bits per heavy atom. The molecular formula is C16H24N4O. The predicted octanol–water partition coefficient (Wildman–Crippen LogP) is 2.71. The number of imidazole rings is 1. The molecule has 1 amide bonds. The van der Waals surface area contributed by atoms with Crippen LogP contribution < -0.4 is 5.32 Å². The van der Waals surface area contributed by atoms with Crippen molar-refractivity contribution in [3.8, 4) is 0 Å². The van der Waals surface area contributed by atoms with Crippen molar-refractivity contribution in [2.24, 2.45) is 10.4 Å². The van der Waals surface area contributed by atoms with E-state index in [-0.39, 0.29) is 5.91 Å². The summed E-state index contributed by atoms with van der Waals surface area (Å²) < 4.78 is 1.97. The Balaban J connectivity index is 2.74. The average Bonchev–Trinajstić information content (AvgIpc) is 2.86. The van der Waals surface area contributed by atoms with Crippen molar-refractivity contribution in [1.29, 1.82) is 0 Å². The molecule has 0 fully saturated rings. The van der Waals surface area contributed by atoms with Crippen LogP contribution in [0.3, 0.4) is 0 Å². The fourth-order valence-corrected chi connectivity index (χ4v) is 1.60. The minimum atomic E-state index is -0.403. The highest BCUT2D eigenvalue weighted by atomic mass is 16.2. The standard InChI is InChI=1S/C16H24N4O/c1-6-13(10-17-7-2)12-20-9-8-18-14(20)11-19-15(21)16(3,4)5/h6-10H,1,11-12H2,2-5H3,(H,19,21)/b13-10+,17-7-. The Kier molecular flexibility index (Phi) is 6.09. The van der Waals surface area contributed by atoms with E-state index in [2.05, 4.69) is 21.9 Å². The summed E-state index contributed by atoms with van der Waals surface area (Å²) in [7, 11) is 0. The number of amides is 1. The second-order valence-electron chi connectivity index (χ2n) is 5.72. The van der Waals surface area contributed by atoms with Crippen molar-refractivity contribution in [2.45, 2.75) is 40.8 Å². The molecule has 0 saturated carbocycles. The Bertz CT molecular complexity index is 547. The smallest absolute Gasteiger partial charge is 0.225 e. The summed E-state index contributed by atoms with van der Waals surface area (Å²) in [5.74, 6) is 0.813. The predicted molar refractivity (Wildman–Crippen MR) is 86.0 cm³/mol. The summed E-state index contributed by atoms with van der Waals surface area (Å²) in [5.41, 5.74) is 0.578. The molecule has 0 bridgehead atoms. The summed E-state index contributed by atoms with van der Waals surface area (Å²) in [6.07, 6.45) is 8.87. The van der Waals surface area contributed by atoms with Crippen molar-refractivity contribution in [3.05, 3.63) is 42.6 Å². The third kappa shape index (κ3) is 5.38. The lowest BCUT2D eigenvalue weighted by atomic mass is 9.96. The van der Waals surface area contributed by atoms with E-state index in [0.29, 0.717) is 13.1 Å². The molecule has 0 aliphatic rings. The zero-order chi connectivity index (χ0) is 15.9. The number of hydrogen-bond acceptors (Lipinski definition) is 3. The molecule has 0 atom stereocenters. The zero-order valence-electron chi connectivity index (χ0n) is 13.3. The van der Waals surface area contributed by atoms with Gasteiger partial charge in [-0.15, -0.1) is 0 Å². The molecule has 1 rings (SSSR count). The molecule has 0 unspecified atom stereocenters. The second kappa shape index (κ2) is 7.57. The third-order valence-electron chi connectivity index (χ3n) is 2.89. The van der Waals surface area contributed by atoms with Crippen LogP contribution in [0, 0.1) is 5.41 Å². The van der Waals surface area contributed by atoms with Crippen molar-refractivity contribution < 1.29 is 4.79 Å². The number of nitrogens with zero attached hydrogens (tertiary/aromatic N) is 3. The summed E-state index contributed by atoms with van der Waals surface area (Å²) in [5, 5.41) is 2.90. The van der Waals surface area contributed by atoms with Gasteiger partial charge in [0, 0.05) is 30.2 Å². The molecule has 1 aromatic rings. The lowest BCUT2D eigenvalue weighted by molar-refractivity contribution is -0.128. The molecule has 0 aliphatic carbocycles. The third-order valence-corrected chi connectivity index (χ3v) is 2.89. The molecule has 5 nitrogen and oxygen atoms in total. The van der Waals surface area contributed by atoms with E-state index >= 15 is 0 Å². The fraction of sp³-hybridized carbons (Fsp3) is 0.438. The Hall–Kier alpha value is -2.17. The summed E-state index contributed by atoms with van der Waals surface area (Å²) in [6, 6.07) is 0. The van der Waals surface area contributed by atoms with E-state index in [4.69, 9.17) is 0 Å². The van der Waals surface area contributed by atoms with Gasteiger partial charge in [0.15, 0.2) is 0 Å². The maximum absolute atomic E-state index is 11.9. The normalized spacial score (nSPS) is 12.7. The van der Waals surface area contributed by atoms with Crippen LogP contribution in [-0.2, 0) is 17.9 Å². The minimum absolute atomic E-state index is 0.00659. The average molecular weight is 288 g/mol. The van der Waals surface area contributed by atoms with Gasteiger partial charge in [0.2, 0.25) is 5.91 Å². The number of aliphatic imine (C=N–C) groups is 1. The van der Waals surface area contributed by atoms with Gasteiger partial charge < -0.3 is 9.88 Å². The number of aromatic nitrogens is 2. The highest BCUT2D eigenvalue weighted by molar-refractivity contribution is 5.81. The van der Waals surface area contributed by atoms with Crippen LogP contribution in [0.4, 0.5) is 0 Å². The van der Waals surface area contributed by atoms with E-state index in [0.717, 1.165) is 11.4 Å². The van der Waals surface area contributed by atoms with Gasteiger partial charge in [0.1, 0.15) is 5.82 Å². The number of nitrogens with one attached hydrogen (secondary N) is 1. The summed E-state index contributed by atoms with van der Waals surface area (Å²) in [4.78, 5) is 20.3. The van der Waals surface area contributed by atoms with Crippen molar-refractivity contribution in [2.75, 3.05) is 0 Å². The maximum Gasteiger partial charge on any atom is 0.225 e. The van der Waals surface area contributed by atoms with Gasteiger partial charge in [-0.05, 0) is 12.5 Å². The quantitative estimate of drug-likeness (QED) is 0.646. The van der Waals surface area contributed by atoms with Crippen molar-refractivity contribution >= 4 is 12.1 Å². The molecule has 1 aromatic heterocycles. The fourth-order valence-electron chi connectivity index (χ4n) is 1.60. The Labute approximate surface area is 126 Å². The van der Waals surface area contributed by atoms with E-state index in [1.165, 1.54) is 0 Å². The van der Waals surface area contributed by atoms with Crippen LogP contribution >= 0.6 is 0 Å². The molecule has 5 heteroatoms. The first-order valence-corrected chi connectivity index (χ1v) is 6.96. The first-order valence-electron chi connectivity index (χ1n) is 6.96. The second-order valence-corrected chi connectivity index (χ2v) is 5.72. The van der Waals surface area contributed by atoms with Crippen LogP contribution in [0.25, 0.3) is 0 Å². The van der Waals surface area contributed by atoms with Gasteiger partial charge in [0.25, 0.3) is 0 Å². The molecular weight excluding hydrogens is 264 g/mol. The van der Waals surface area contributed by atoms with E-state index in [1.54, 1.807) is 24.7 Å². The molecule has 0 spiro atoms. The molecule has 0 radical (unpaired) electrons. The summed E-state index contributed by atoms with van der Waals surface area (Å²) in [6.45, 7) is 12.3. The molecule has 21 heavy (non-hydrogen) atoms. The number of hydrogen-bond donors (Lipinski definition) is 1. The number of rotatable bonds is 6. The molecule has 1 N–H and O–H groups in total. The number of carbonyl (C=O) groups excluding carboxylic acids is 1. The summed E-state index contributed by atoms with van der Waals surface area (Å²) >= 11 is 0. The van der Waals surface area contributed by atoms with Gasteiger partial charge in [-0.1, -0.05) is 33.4 Å². The zero-order valence-corrected chi connectivity index (χ0v) is 13.3. The lowest BCUT2D eigenvalue weighted by Gasteiger charge is -2.17. The minimum Gasteiger partial charge on any atom is -0.348 e. The molecule has 0 aliphatic heterocycles. The molecule has 0 aromatic carbocycles. The SMILES string of the molecule is C=C/C(=C\N=C/C)Cn1ccnc1CNC(=O)C(C)(C)C. The van der Waals surface area contributed by atoms with Gasteiger partial charge >= 0.3 is 0 Å². The lowest BCUT2D eigenvalue weighted by Crippen LogP contribution is -2.35. The van der Waals surface area contributed by atoms with E-state index in [9.17, 15) is 4.79 Å². The topological polar surface area (TPSA) is 59.3 Å². The van der Waals surface area contributed by atoms with Crippen LogP contribution in [0.5, 0.6) is 0 Å². The monoisotopic (exact) mass is 288 g/mol. The van der Waals surface area contributed by atoms with Crippen molar-refractivity contribution in [1.82, 2.24) is 14.9 Å². The molecule has 1 heterocycles. The van der Waals surface area contributed by atoms with Gasteiger partial charge in [-0.3, -0.25) is 9.79 Å². The van der Waals surface area contributed by atoms with Gasteiger partial charge in [0.05, 0.1) is 13.1 Å². The van der Waals surface area contributed by atoms with Crippen LogP contribution in [0.2, 0.25) is 0 Å². The first-order chi connectivity index (χ1) is 9.88. The molecule has 0 saturated heterocycles. The Morgan fingerprint density at radius 1 is 1.52 bits per heavy atom. The molecule has 114 valence electrons. The first kappa shape index (κ1) is 16.9. The van der Waals surface area contributed by atoms with Gasteiger partial charge in [-0.2, -0.15) is 0 Å². The highest BCUT2D eigenvalue weighted by Crippen LogP contribution is 2.13. The van der Waals surface area contributed by atoms with Gasteiger partial charge in [-0.25, -0.2) is 4.98 Å². The number of carbonyl (C=O) groups is 1. The van der Waals surface area contributed by atoms with Crippen LogP contribution in [0.15, 0.2) is 41.8 Å². The Morgan fingerprint density at radius 2 is 2.24 bits per heavy atom. The van der Waals surface area contributed by atoms with Crippen molar-refractivity contribution in [3.63, 3.8) is 0 Å². The highest BCUT2D eigenvalue weighted by Gasteiger charge is 2.21. The van der Waals surface area contributed by atoms with Crippen LogP contribution in [-0.4, -0.2) is 21.7 Å². The maximum atomic E-state index is 11.9. The largest absolute Gasteiger partial charge is 0.348 e. The van der Waals surface area contributed by atoms with Crippen LogP contribution in [0.1, 0.15) is 33.5 Å². The van der Waals surface area contributed by atoms with E-state index < -0.39 is 5.41 Å².